The second-order valence-corrected chi connectivity index (χ2v) is 6.32. The molecule has 1 fully saturated rings. The molecule has 0 amide bonds. The number of aryl methyl sites for hydroxylation is 1. The van der Waals surface area contributed by atoms with Gasteiger partial charge in [-0.3, -0.25) is 4.79 Å². The first-order chi connectivity index (χ1) is 9.57. The highest BCUT2D eigenvalue weighted by atomic mass is 16.4. The van der Waals surface area contributed by atoms with E-state index in [1.165, 1.54) is 18.4 Å². The standard InChI is InChI=1S/C17H25NO2/c1-17(10-9-15-6-3-2-4-7-15)11-13-18(14-17)12-5-8-16(19)20/h2-4,6-7H,5,8-14H2,1H3,(H,19,20)/t17-/m0/s1. The van der Waals surface area contributed by atoms with Gasteiger partial charge in [-0.1, -0.05) is 37.3 Å². The molecule has 1 aromatic carbocycles. The normalized spacial score (nSPS) is 23.1. The van der Waals surface area contributed by atoms with Crippen molar-refractivity contribution in [2.45, 2.75) is 39.0 Å². The van der Waals surface area contributed by atoms with E-state index in [1.54, 1.807) is 0 Å². The third kappa shape index (κ3) is 4.64. The van der Waals surface area contributed by atoms with Gasteiger partial charge < -0.3 is 10.0 Å². The van der Waals surface area contributed by atoms with Gasteiger partial charge in [-0.15, -0.1) is 0 Å². The minimum absolute atomic E-state index is 0.289. The van der Waals surface area contributed by atoms with E-state index in [1.807, 2.05) is 0 Å². The molecule has 0 aliphatic carbocycles. The maximum atomic E-state index is 10.5. The smallest absolute Gasteiger partial charge is 0.303 e. The first kappa shape index (κ1) is 15.0. The van der Waals surface area contributed by atoms with Crippen LogP contribution in [0.1, 0.15) is 38.2 Å². The Labute approximate surface area is 121 Å². The molecule has 1 atom stereocenters. The summed E-state index contributed by atoms with van der Waals surface area (Å²) < 4.78 is 0. The van der Waals surface area contributed by atoms with Crippen molar-refractivity contribution >= 4 is 5.97 Å². The molecule has 2 rings (SSSR count). The average molecular weight is 275 g/mol. The molecule has 1 aromatic rings. The van der Waals surface area contributed by atoms with Crippen molar-refractivity contribution in [3.63, 3.8) is 0 Å². The van der Waals surface area contributed by atoms with Gasteiger partial charge >= 0.3 is 5.97 Å². The summed E-state index contributed by atoms with van der Waals surface area (Å²) in [4.78, 5) is 13.0. The Balaban J connectivity index is 1.74. The van der Waals surface area contributed by atoms with Gasteiger partial charge in [0.1, 0.15) is 0 Å². The van der Waals surface area contributed by atoms with Gasteiger partial charge in [-0.25, -0.2) is 0 Å². The molecule has 1 heterocycles. The van der Waals surface area contributed by atoms with Crippen LogP contribution in [0.3, 0.4) is 0 Å². The molecule has 1 aliphatic heterocycles. The Morgan fingerprint density at radius 3 is 2.80 bits per heavy atom. The molecule has 0 unspecified atom stereocenters. The summed E-state index contributed by atoms with van der Waals surface area (Å²) in [6.07, 6.45) is 4.64. The zero-order valence-electron chi connectivity index (χ0n) is 12.3. The van der Waals surface area contributed by atoms with Gasteiger partial charge in [0.25, 0.3) is 0 Å². The maximum absolute atomic E-state index is 10.5. The monoisotopic (exact) mass is 275 g/mol. The first-order valence-electron chi connectivity index (χ1n) is 7.55. The van der Waals surface area contributed by atoms with Crippen molar-refractivity contribution in [3.05, 3.63) is 35.9 Å². The number of carbonyl (C=O) groups is 1. The van der Waals surface area contributed by atoms with Crippen LogP contribution in [0.5, 0.6) is 0 Å². The Hall–Kier alpha value is -1.35. The number of aliphatic carboxylic acids is 1. The van der Waals surface area contributed by atoms with E-state index < -0.39 is 5.97 Å². The van der Waals surface area contributed by atoms with Gasteiger partial charge in [0, 0.05) is 13.0 Å². The van der Waals surface area contributed by atoms with Crippen molar-refractivity contribution in [1.82, 2.24) is 4.90 Å². The molecule has 110 valence electrons. The quantitative estimate of drug-likeness (QED) is 0.830. The fraction of sp³-hybridized carbons (Fsp3) is 0.588. The molecule has 1 aliphatic rings. The van der Waals surface area contributed by atoms with E-state index in [4.69, 9.17) is 5.11 Å². The zero-order chi connectivity index (χ0) is 14.4. The minimum atomic E-state index is -0.684. The highest BCUT2D eigenvalue weighted by molar-refractivity contribution is 5.66. The fourth-order valence-electron chi connectivity index (χ4n) is 3.07. The molecule has 0 bridgehead atoms. The zero-order valence-corrected chi connectivity index (χ0v) is 12.3. The number of hydrogen-bond acceptors (Lipinski definition) is 2. The Morgan fingerprint density at radius 2 is 2.10 bits per heavy atom. The molecule has 1 N–H and O–H groups in total. The summed E-state index contributed by atoms with van der Waals surface area (Å²) >= 11 is 0. The topological polar surface area (TPSA) is 40.5 Å². The van der Waals surface area contributed by atoms with Gasteiger partial charge in [-0.05, 0) is 49.8 Å². The van der Waals surface area contributed by atoms with E-state index in [0.717, 1.165) is 32.5 Å². The van der Waals surface area contributed by atoms with Crippen LogP contribution in [0.2, 0.25) is 0 Å². The predicted molar refractivity (Wildman–Crippen MR) is 80.8 cm³/mol. The van der Waals surface area contributed by atoms with Gasteiger partial charge in [0.05, 0.1) is 0 Å². The number of carboxylic acid groups (broad SMARTS) is 1. The van der Waals surface area contributed by atoms with E-state index in [-0.39, 0.29) is 6.42 Å². The number of hydrogen-bond donors (Lipinski definition) is 1. The Kier molecular flexibility index (Phi) is 5.18. The SMILES string of the molecule is C[C@]1(CCc2ccccc2)CCN(CCCC(=O)O)C1. The lowest BCUT2D eigenvalue weighted by Gasteiger charge is -2.24. The van der Waals surface area contributed by atoms with Crippen molar-refractivity contribution in [1.29, 1.82) is 0 Å². The molecule has 0 aromatic heterocycles. The molecular formula is C17H25NO2. The van der Waals surface area contributed by atoms with Gasteiger partial charge in [0.15, 0.2) is 0 Å². The van der Waals surface area contributed by atoms with Crippen LogP contribution in [0.25, 0.3) is 0 Å². The van der Waals surface area contributed by atoms with E-state index >= 15 is 0 Å². The second-order valence-electron chi connectivity index (χ2n) is 6.32. The lowest BCUT2D eigenvalue weighted by Crippen LogP contribution is -2.26. The number of likely N-dealkylation sites (tertiary alicyclic amines) is 1. The maximum Gasteiger partial charge on any atom is 0.303 e. The highest BCUT2D eigenvalue weighted by Gasteiger charge is 2.32. The summed E-state index contributed by atoms with van der Waals surface area (Å²) in [5, 5.41) is 8.68. The predicted octanol–water partition coefficient (Wildman–Crippen LogP) is 3.20. The van der Waals surface area contributed by atoms with Crippen LogP contribution in [-0.4, -0.2) is 35.6 Å². The summed E-state index contributed by atoms with van der Waals surface area (Å²) in [6.45, 7) is 5.52. The highest BCUT2D eigenvalue weighted by Crippen LogP contribution is 2.34. The number of benzene rings is 1. The molecule has 0 saturated carbocycles. The summed E-state index contributed by atoms with van der Waals surface area (Å²) in [5.41, 5.74) is 1.80. The van der Waals surface area contributed by atoms with Crippen LogP contribution >= 0.6 is 0 Å². The van der Waals surface area contributed by atoms with Crippen molar-refractivity contribution in [3.8, 4) is 0 Å². The fourth-order valence-corrected chi connectivity index (χ4v) is 3.07. The summed E-state index contributed by atoms with van der Waals surface area (Å²) in [6, 6.07) is 10.7. The van der Waals surface area contributed by atoms with Gasteiger partial charge in [0.2, 0.25) is 0 Å². The van der Waals surface area contributed by atoms with Crippen LogP contribution in [0.15, 0.2) is 30.3 Å². The number of carboxylic acids is 1. The molecule has 20 heavy (non-hydrogen) atoms. The van der Waals surface area contributed by atoms with Crippen molar-refractivity contribution in [2.24, 2.45) is 5.41 Å². The summed E-state index contributed by atoms with van der Waals surface area (Å²) in [5.74, 6) is -0.684. The third-order valence-corrected chi connectivity index (χ3v) is 4.36. The van der Waals surface area contributed by atoms with Crippen LogP contribution in [0, 0.1) is 5.41 Å². The molecule has 3 nitrogen and oxygen atoms in total. The van der Waals surface area contributed by atoms with Crippen LogP contribution < -0.4 is 0 Å². The minimum Gasteiger partial charge on any atom is -0.481 e. The third-order valence-electron chi connectivity index (χ3n) is 4.36. The Morgan fingerprint density at radius 1 is 1.35 bits per heavy atom. The first-order valence-corrected chi connectivity index (χ1v) is 7.55. The largest absolute Gasteiger partial charge is 0.481 e. The van der Waals surface area contributed by atoms with E-state index in [2.05, 4.69) is 42.2 Å². The van der Waals surface area contributed by atoms with Crippen LogP contribution in [-0.2, 0) is 11.2 Å². The molecule has 0 spiro atoms. The molecular weight excluding hydrogens is 250 g/mol. The van der Waals surface area contributed by atoms with Crippen LogP contribution in [0.4, 0.5) is 0 Å². The molecule has 0 radical (unpaired) electrons. The average Bonchev–Trinajstić information content (AvgIpc) is 2.80. The van der Waals surface area contributed by atoms with E-state index in [0.29, 0.717) is 5.41 Å². The molecule has 3 heteroatoms. The number of rotatable bonds is 7. The Bertz CT molecular complexity index is 432. The van der Waals surface area contributed by atoms with Crippen molar-refractivity contribution in [2.75, 3.05) is 19.6 Å². The van der Waals surface area contributed by atoms with Gasteiger partial charge in [-0.2, -0.15) is 0 Å². The van der Waals surface area contributed by atoms with Crippen molar-refractivity contribution < 1.29 is 9.90 Å². The lowest BCUT2D eigenvalue weighted by molar-refractivity contribution is -0.137. The lowest BCUT2D eigenvalue weighted by atomic mass is 9.83. The van der Waals surface area contributed by atoms with E-state index in [9.17, 15) is 4.79 Å². The second kappa shape index (κ2) is 6.89. The molecule has 1 saturated heterocycles. The number of nitrogens with zero attached hydrogens (tertiary/aromatic N) is 1. The summed E-state index contributed by atoms with van der Waals surface area (Å²) in [7, 11) is 0.